The Labute approximate surface area is 122 Å². The summed E-state index contributed by atoms with van der Waals surface area (Å²) in [6, 6.07) is 3.03. The molecule has 6 heteroatoms. The van der Waals surface area contributed by atoms with Crippen molar-refractivity contribution in [2.75, 3.05) is 0 Å². The molecule has 1 heterocycles. The van der Waals surface area contributed by atoms with Crippen molar-refractivity contribution in [3.63, 3.8) is 0 Å². The maximum atomic E-state index is 11.9. The standard InChI is InChI=1S/C13H10Cl2N3O/c1-8(9-4-2-3-5-9)17-18-13(19)12-10(14)6-7-11(15)16-12/h2-7H,1H3,(H,18,19)/b17-8+. The second kappa shape index (κ2) is 6.35. The molecule has 1 aliphatic rings. The molecule has 1 saturated carbocycles. The van der Waals surface area contributed by atoms with Crippen LogP contribution in [0.1, 0.15) is 17.4 Å². The minimum Gasteiger partial charge on any atom is -0.265 e. The number of amides is 1. The van der Waals surface area contributed by atoms with Crippen LogP contribution >= 0.6 is 23.2 Å². The molecule has 0 aromatic carbocycles. The highest BCUT2D eigenvalue weighted by molar-refractivity contribution is 6.34. The molecule has 1 aromatic rings. The maximum absolute atomic E-state index is 11.9. The number of carbonyl (C=O) groups is 1. The summed E-state index contributed by atoms with van der Waals surface area (Å²) in [5, 5.41) is 4.41. The van der Waals surface area contributed by atoms with Gasteiger partial charge in [-0.1, -0.05) is 23.2 Å². The van der Waals surface area contributed by atoms with Gasteiger partial charge in [-0.2, -0.15) is 5.10 Å². The number of halogens is 2. The number of aromatic nitrogens is 1. The summed E-state index contributed by atoms with van der Waals surface area (Å²) >= 11 is 11.6. The molecule has 0 unspecified atom stereocenters. The van der Waals surface area contributed by atoms with Gasteiger partial charge < -0.3 is 0 Å². The second-order valence-electron chi connectivity index (χ2n) is 3.78. The number of hydrogen-bond acceptors (Lipinski definition) is 3. The van der Waals surface area contributed by atoms with Crippen LogP contribution in [0, 0.1) is 31.6 Å². The monoisotopic (exact) mass is 294 g/mol. The Morgan fingerprint density at radius 1 is 1.26 bits per heavy atom. The molecule has 0 aliphatic heterocycles. The molecule has 2 rings (SSSR count). The Morgan fingerprint density at radius 2 is 1.95 bits per heavy atom. The predicted molar refractivity (Wildman–Crippen MR) is 75.3 cm³/mol. The van der Waals surface area contributed by atoms with Crippen molar-refractivity contribution in [1.82, 2.24) is 10.4 Å². The zero-order chi connectivity index (χ0) is 13.8. The number of pyridine rings is 1. The van der Waals surface area contributed by atoms with E-state index in [2.05, 4.69) is 15.5 Å². The topological polar surface area (TPSA) is 54.4 Å². The largest absolute Gasteiger partial charge is 0.291 e. The number of nitrogens with zero attached hydrogens (tertiary/aromatic N) is 2. The van der Waals surface area contributed by atoms with E-state index in [4.69, 9.17) is 23.2 Å². The van der Waals surface area contributed by atoms with E-state index in [-0.39, 0.29) is 15.9 Å². The highest BCUT2D eigenvalue weighted by Crippen LogP contribution is 2.24. The van der Waals surface area contributed by atoms with Crippen molar-refractivity contribution in [2.45, 2.75) is 6.92 Å². The number of rotatable bonds is 3. The van der Waals surface area contributed by atoms with Gasteiger partial charge >= 0.3 is 0 Å². The molecule has 5 radical (unpaired) electrons. The third-order valence-electron chi connectivity index (χ3n) is 2.43. The molecule has 4 nitrogen and oxygen atoms in total. The van der Waals surface area contributed by atoms with Crippen LogP contribution in [-0.2, 0) is 0 Å². The van der Waals surface area contributed by atoms with Gasteiger partial charge in [0.05, 0.1) is 5.02 Å². The Hall–Kier alpha value is -1.13. The fourth-order valence-electron chi connectivity index (χ4n) is 1.44. The zero-order valence-corrected chi connectivity index (χ0v) is 11.5. The lowest BCUT2D eigenvalue weighted by molar-refractivity contribution is 0.0950. The van der Waals surface area contributed by atoms with Crippen LogP contribution in [0.2, 0.25) is 10.2 Å². The summed E-state index contributed by atoms with van der Waals surface area (Å²) in [4.78, 5) is 15.7. The van der Waals surface area contributed by atoms with Gasteiger partial charge in [-0.15, -0.1) is 0 Å². The summed E-state index contributed by atoms with van der Waals surface area (Å²) in [6.07, 6.45) is 7.59. The Kier molecular flexibility index (Phi) is 4.77. The number of hydrogen-bond donors (Lipinski definition) is 1. The average molecular weight is 295 g/mol. The molecule has 1 fully saturated rings. The van der Waals surface area contributed by atoms with Crippen LogP contribution in [0.15, 0.2) is 17.2 Å². The molecule has 0 spiro atoms. The van der Waals surface area contributed by atoms with Gasteiger partial charge in [-0.05, 0) is 44.7 Å². The molecular formula is C13H10Cl2N3O. The summed E-state index contributed by atoms with van der Waals surface area (Å²) in [5.41, 5.74) is 3.14. The van der Waals surface area contributed by atoms with E-state index in [1.54, 1.807) is 6.92 Å². The van der Waals surface area contributed by atoms with E-state index >= 15 is 0 Å². The third kappa shape index (κ3) is 3.67. The fourth-order valence-corrected chi connectivity index (χ4v) is 1.78. The highest BCUT2D eigenvalue weighted by Gasteiger charge is 2.20. The molecule has 1 aliphatic carbocycles. The molecular weight excluding hydrogens is 285 g/mol. The van der Waals surface area contributed by atoms with Crippen LogP contribution in [0.25, 0.3) is 0 Å². The first-order valence-corrected chi connectivity index (χ1v) is 6.22. The van der Waals surface area contributed by atoms with Gasteiger partial charge in [0.25, 0.3) is 5.91 Å². The van der Waals surface area contributed by atoms with Gasteiger partial charge in [0.1, 0.15) is 10.8 Å². The molecule has 0 atom stereocenters. The average Bonchev–Trinajstić information content (AvgIpc) is 2.92. The van der Waals surface area contributed by atoms with Gasteiger partial charge in [0.2, 0.25) is 0 Å². The lowest BCUT2D eigenvalue weighted by Crippen LogP contribution is -2.22. The predicted octanol–water partition coefficient (Wildman–Crippen LogP) is 2.90. The Balaban J connectivity index is 2.04. The maximum Gasteiger partial charge on any atom is 0.291 e. The minimum atomic E-state index is -0.501. The SMILES string of the molecule is C/C(=N\NC(=O)c1nc(Cl)ccc1Cl)[C]1[CH][CH][CH][CH]1. The van der Waals surface area contributed by atoms with E-state index < -0.39 is 5.91 Å². The quantitative estimate of drug-likeness (QED) is 0.529. The van der Waals surface area contributed by atoms with Crippen molar-refractivity contribution >= 4 is 34.8 Å². The summed E-state index contributed by atoms with van der Waals surface area (Å²) in [5.74, 6) is 0.434. The summed E-state index contributed by atoms with van der Waals surface area (Å²) < 4.78 is 0. The van der Waals surface area contributed by atoms with E-state index in [1.807, 2.05) is 25.7 Å². The fraction of sp³-hybridized carbons (Fsp3) is 0.0769. The second-order valence-corrected chi connectivity index (χ2v) is 4.57. The summed E-state index contributed by atoms with van der Waals surface area (Å²) in [7, 11) is 0. The van der Waals surface area contributed by atoms with E-state index in [9.17, 15) is 4.79 Å². The van der Waals surface area contributed by atoms with Crippen molar-refractivity contribution in [3.05, 3.63) is 59.6 Å². The van der Waals surface area contributed by atoms with E-state index in [0.717, 1.165) is 5.92 Å². The number of carbonyl (C=O) groups excluding carboxylic acids is 1. The minimum absolute atomic E-state index is 0.0493. The normalized spacial score (nSPS) is 16.7. The molecule has 97 valence electrons. The smallest absolute Gasteiger partial charge is 0.265 e. The van der Waals surface area contributed by atoms with Crippen LogP contribution in [-0.4, -0.2) is 16.6 Å². The molecule has 0 bridgehead atoms. The Bertz CT molecular complexity index is 511. The van der Waals surface area contributed by atoms with Crippen LogP contribution in [0.4, 0.5) is 0 Å². The van der Waals surface area contributed by atoms with Crippen LogP contribution in [0.5, 0.6) is 0 Å². The van der Waals surface area contributed by atoms with Crippen LogP contribution in [0.3, 0.4) is 0 Å². The highest BCUT2D eigenvalue weighted by atomic mass is 35.5. The van der Waals surface area contributed by atoms with Gasteiger partial charge in [-0.3, -0.25) is 4.79 Å². The first kappa shape index (κ1) is 14.3. The van der Waals surface area contributed by atoms with Gasteiger partial charge in [0.15, 0.2) is 0 Å². The molecule has 0 saturated heterocycles. The molecule has 19 heavy (non-hydrogen) atoms. The first-order chi connectivity index (χ1) is 9.08. The number of nitrogens with one attached hydrogen (secondary N) is 1. The lowest BCUT2D eigenvalue weighted by atomic mass is 10.0. The third-order valence-corrected chi connectivity index (χ3v) is 2.95. The number of hydrazone groups is 1. The first-order valence-electron chi connectivity index (χ1n) is 5.46. The molecule has 1 amide bonds. The van der Waals surface area contributed by atoms with Crippen molar-refractivity contribution in [3.8, 4) is 0 Å². The van der Waals surface area contributed by atoms with E-state index in [0.29, 0.717) is 5.71 Å². The van der Waals surface area contributed by atoms with Crippen molar-refractivity contribution in [2.24, 2.45) is 5.10 Å². The van der Waals surface area contributed by atoms with Crippen LogP contribution < -0.4 is 5.43 Å². The Morgan fingerprint density at radius 3 is 2.63 bits per heavy atom. The lowest BCUT2D eigenvalue weighted by Gasteiger charge is -2.07. The molecule has 1 aromatic heterocycles. The van der Waals surface area contributed by atoms with Gasteiger partial charge in [0, 0.05) is 11.6 Å². The molecule has 1 N–H and O–H groups in total. The van der Waals surface area contributed by atoms with Gasteiger partial charge in [-0.25, -0.2) is 10.4 Å². The zero-order valence-electron chi connectivity index (χ0n) is 10.0. The van der Waals surface area contributed by atoms with Crippen molar-refractivity contribution < 1.29 is 4.79 Å². The van der Waals surface area contributed by atoms with E-state index in [1.165, 1.54) is 12.1 Å². The summed E-state index contributed by atoms with van der Waals surface area (Å²) in [6.45, 7) is 1.79. The van der Waals surface area contributed by atoms with Crippen molar-refractivity contribution in [1.29, 1.82) is 0 Å².